The molecule has 0 aliphatic carbocycles. The Morgan fingerprint density at radius 2 is 2.18 bits per heavy atom. The molecule has 0 amide bonds. The first-order valence-corrected chi connectivity index (χ1v) is 5.50. The molecule has 17 heavy (non-hydrogen) atoms. The highest BCUT2D eigenvalue weighted by Crippen LogP contribution is 2.26. The lowest BCUT2D eigenvalue weighted by Gasteiger charge is -2.02. The number of aromatic nitrogens is 5. The number of aromatic carboxylic acids is 1. The second kappa shape index (κ2) is 4.50. The van der Waals surface area contributed by atoms with E-state index in [2.05, 4.69) is 20.4 Å². The smallest absolute Gasteiger partial charge is 0.338 e. The van der Waals surface area contributed by atoms with Crippen LogP contribution < -0.4 is 0 Å². The molecule has 0 bridgehead atoms. The van der Waals surface area contributed by atoms with Gasteiger partial charge in [-0.1, -0.05) is 0 Å². The van der Waals surface area contributed by atoms with E-state index in [0.29, 0.717) is 10.2 Å². The first-order chi connectivity index (χ1) is 8.09. The average molecular weight is 251 g/mol. The summed E-state index contributed by atoms with van der Waals surface area (Å²) in [6.07, 6.45) is 1.34. The highest BCUT2D eigenvalue weighted by atomic mass is 32.2. The minimum absolute atomic E-state index is 0.102. The molecule has 1 N–H and O–H groups in total. The van der Waals surface area contributed by atoms with Gasteiger partial charge in [-0.25, -0.2) is 4.79 Å². The van der Waals surface area contributed by atoms with Gasteiger partial charge in [-0.15, -0.1) is 15.3 Å². The van der Waals surface area contributed by atoms with Crippen molar-refractivity contribution < 1.29 is 9.90 Å². The van der Waals surface area contributed by atoms with Crippen LogP contribution in [-0.2, 0) is 7.05 Å². The number of carboxylic acids is 1. The van der Waals surface area contributed by atoms with E-state index in [-0.39, 0.29) is 5.56 Å². The van der Waals surface area contributed by atoms with Crippen LogP contribution in [0.5, 0.6) is 0 Å². The van der Waals surface area contributed by atoms with Crippen molar-refractivity contribution in [3.8, 4) is 0 Å². The Labute approximate surface area is 101 Å². The van der Waals surface area contributed by atoms with E-state index in [9.17, 15) is 4.79 Å². The van der Waals surface area contributed by atoms with Crippen molar-refractivity contribution in [2.24, 2.45) is 7.05 Å². The van der Waals surface area contributed by atoms with Crippen LogP contribution in [0.15, 0.2) is 22.4 Å². The monoisotopic (exact) mass is 251 g/mol. The number of carboxylic acid groups (broad SMARTS) is 1. The lowest BCUT2D eigenvalue weighted by atomic mass is 10.3. The molecule has 0 spiro atoms. The second-order valence-corrected chi connectivity index (χ2v) is 4.20. The van der Waals surface area contributed by atoms with Gasteiger partial charge in [0, 0.05) is 7.05 Å². The summed E-state index contributed by atoms with van der Waals surface area (Å²) < 4.78 is 1.75. The SMILES string of the molecule is Cc1nnc(Sc2nnccc2C(=O)O)n1C. The molecule has 2 rings (SSSR count). The third-order valence-electron chi connectivity index (χ3n) is 2.16. The first kappa shape index (κ1) is 11.5. The summed E-state index contributed by atoms with van der Waals surface area (Å²) in [7, 11) is 1.80. The lowest BCUT2D eigenvalue weighted by Crippen LogP contribution is -2.02. The van der Waals surface area contributed by atoms with Gasteiger partial charge in [-0.05, 0) is 24.8 Å². The van der Waals surface area contributed by atoms with Crippen molar-refractivity contribution in [2.45, 2.75) is 17.1 Å². The van der Waals surface area contributed by atoms with Gasteiger partial charge in [-0.3, -0.25) is 0 Å². The summed E-state index contributed by atoms with van der Waals surface area (Å²) in [6, 6.07) is 1.40. The van der Waals surface area contributed by atoms with Crippen LogP contribution in [-0.4, -0.2) is 36.0 Å². The van der Waals surface area contributed by atoms with Crippen molar-refractivity contribution in [1.29, 1.82) is 0 Å². The van der Waals surface area contributed by atoms with Crippen LogP contribution in [0, 0.1) is 6.92 Å². The summed E-state index contributed by atoms with van der Waals surface area (Å²) >= 11 is 1.12. The molecule has 8 heteroatoms. The number of hydrogen-bond donors (Lipinski definition) is 1. The third-order valence-corrected chi connectivity index (χ3v) is 3.19. The van der Waals surface area contributed by atoms with Gasteiger partial charge < -0.3 is 9.67 Å². The van der Waals surface area contributed by atoms with Crippen molar-refractivity contribution in [3.05, 3.63) is 23.7 Å². The fourth-order valence-electron chi connectivity index (χ4n) is 1.12. The van der Waals surface area contributed by atoms with Crippen LogP contribution >= 0.6 is 11.8 Å². The van der Waals surface area contributed by atoms with Crippen LogP contribution in [0.25, 0.3) is 0 Å². The maximum absolute atomic E-state index is 11.0. The number of carbonyl (C=O) groups is 1. The van der Waals surface area contributed by atoms with Gasteiger partial charge >= 0.3 is 5.97 Å². The summed E-state index contributed by atoms with van der Waals surface area (Å²) in [6.45, 7) is 1.81. The van der Waals surface area contributed by atoms with Crippen LogP contribution in [0.2, 0.25) is 0 Å². The molecule has 0 radical (unpaired) electrons. The molecule has 0 atom stereocenters. The molecule has 2 aromatic rings. The molecule has 0 unspecified atom stereocenters. The van der Waals surface area contributed by atoms with Crippen molar-refractivity contribution in [1.82, 2.24) is 25.0 Å². The highest BCUT2D eigenvalue weighted by Gasteiger charge is 2.15. The number of aryl methyl sites for hydroxylation is 1. The Hall–Kier alpha value is -1.96. The molecule has 2 aromatic heterocycles. The van der Waals surface area contributed by atoms with E-state index >= 15 is 0 Å². The van der Waals surface area contributed by atoms with Gasteiger partial charge in [0.25, 0.3) is 0 Å². The second-order valence-electron chi connectivity index (χ2n) is 3.25. The third kappa shape index (κ3) is 2.26. The minimum atomic E-state index is -1.04. The molecule has 88 valence electrons. The fraction of sp³-hybridized carbons (Fsp3) is 0.222. The summed E-state index contributed by atoms with van der Waals surface area (Å²) in [5, 5.41) is 25.1. The normalized spacial score (nSPS) is 10.5. The molecule has 0 aliphatic heterocycles. The van der Waals surface area contributed by atoms with Gasteiger partial charge in [0.1, 0.15) is 10.9 Å². The van der Waals surface area contributed by atoms with E-state index in [0.717, 1.165) is 17.6 Å². The van der Waals surface area contributed by atoms with Crippen LogP contribution in [0.4, 0.5) is 0 Å². The molecule has 0 fully saturated rings. The number of rotatable bonds is 3. The fourth-order valence-corrected chi connectivity index (χ4v) is 2.00. The zero-order valence-corrected chi connectivity index (χ0v) is 9.97. The number of nitrogens with zero attached hydrogens (tertiary/aromatic N) is 5. The summed E-state index contributed by atoms with van der Waals surface area (Å²) in [4.78, 5) is 11.0. The van der Waals surface area contributed by atoms with Crippen LogP contribution in [0.1, 0.15) is 16.2 Å². The average Bonchev–Trinajstić information content (AvgIpc) is 2.61. The Kier molecular flexibility index (Phi) is 3.05. The van der Waals surface area contributed by atoms with Gasteiger partial charge in [-0.2, -0.15) is 5.10 Å². The van der Waals surface area contributed by atoms with E-state index in [1.807, 2.05) is 6.92 Å². The molecule has 2 heterocycles. The maximum Gasteiger partial charge on any atom is 0.338 e. The molecule has 0 aromatic carbocycles. The van der Waals surface area contributed by atoms with Crippen LogP contribution in [0.3, 0.4) is 0 Å². The van der Waals surface area contributed by atoms with Crippen molar-refractivity contribution in [3.63, 3.8) is 0 Å². The number of hydrogen-bond acceptors (Lipinski definition) is 6. The van der Waals surface area contributed by atoms with E-state index in [4.69, 9.17) is 5.11 Å². The largest absolute Gasteiger partial charge is 0.478 e. The lowest BCUT2D eigenvalue weighted by molar-refractivity contribution is 0.0692. The van der Waals surface area contributed by atoms with E-state index in [1.54, 1.807) is 11.6 Å². The molecular weight excluding hydrogens is 242 g/mol. The zero-order chi connectivity index (χ0) is 12.4. The quantitative estimate of drug-likeness (QED) is 0.860. The maximum atomic E-state index is 11.0. The Bertz CT molecular complexity index is 568. The molecular formula is C9H9N5O2S. The summed E-state index contributed by atoms with van der Waals surface area (Å²) in [5.74, 6) is -0.297. The predicted octanol–water partition coefficient (Wildman–Crippen LogP) is 0.763. The minimum Gasteiger partial charge on any atom is -0.478 e. The highest BCUT2D eigenvalue weighted by molar-refractivity contribution is 7.99. The van der Waals surface area contributed by atoms with Gasteiger partial charge in [0.15, 0.2) is 5.16 Å². The molecule has 0 aliphatic rings. The van der Waals surface area contributed by atoms with E-state index < -0.39 is 5.97 Å². The van der Waals surface area contributed by atoms with Gasteiger partial charge in [0.05, 0.1) is 11.8 Å². The predicted molar refractivity (Wildman–Crippen MR) is 58.9 cm³/mol. The first-order valence-electron chi connectivity index (χ1n) is 4.68. The Morgan fingerprint density at radius 1 is 1.41 bits per heavy atom. The molecule has 0 saturated heterocycles. The van der Waals surface area contributed by atoms with Crippen molar-refractivity contribution in [2.75, 3.05) is 0 Å². The zero-order valence-electron chi connectivity index (χ0n) is 9.15. The molecule has 7 nitrogen and oxygen atoms in total. The van der Waals surface area contributed by atoms with Gasteiger partial charge in [0.2, 0.25) is 0 Å². The Morgan fingerprint density at radius 3 is 2.76 bits per heavy atom. The standard InChI is InChI=1S/C9H9N5O2S/c1-5-11-13-9(14(5)2)17-7-6(8(15)16)3-4-10-12-7/h3-4H,1-2H3,(H,15,16). The Balaban J connectivity index is 2.36. The van der Waals surface area contributed by atoms with Crippen molar-refractivity contribution >= 4 is 17.7 Å². The topological polar surface area (TPSA) is 93.8 Å². The molecule has 0 saturated carbocycles. The van der Waals surface area contributed by atoms with E-state index in [1.165, 1.54) is 12.3 Å². The summed E-state index contributed by atoms with van der Waals surface area (Å²) in [5.41, 5.74) is 0.102.